The highest BCUT2D eigenvalue weighted by molar-refractivity contribution is 6.30. The van der Waals surface area contributed by atoms with E-state index in [0.29, 0.717) is 18.0 Å². The average molecular weight is 264 g/mol. The van der Waals surface area contributed by atoms with Crippen molar-refractivity contribution in [1.82, 2.24) is 14.9 Å². The van der Waals surface area contributed by atoms with Crippen LogP contribution in [0.2, 0.25) is 5.02 Å². The monoisotopic (exact) mass is 263 g/mol. The van der Waals surface area contributed by atoms with E-state index < -0.39 is 0 Å². The van der Waals surface area contributed by atoms with Crippen molar-refractivity contribution in [3.05, 3.63) is 53.1 Å². The Hall–Kier alpha value is -1.81. The number of rotatable bonds is 4. The molecule has 0 saturated heterocycles. The average Bonchev–Trinajstić information content (AvgIpc) is 2.81. The van der Waals surface area contributed by atoms with Crippen LogP contribution in [0.1, 0.15) is 11.4 Å². The van der Waals surface area contributed by atoms with Gasteiger partial charge in [-0.3, -0.25) is 4.79 Å². The minimum atomic E-state index is 0.0358. The lowest BCUT2D eigenvalue weighted by molar-refractivity contribution is -0.129. The smallest absolute Gasteiger partial charge is 0.227 e. The van der Waals surface area contributed by atoms with E-state index in [9.17, 15) is 4.79 Å². The number of imidazole rings is 1. The van der Waals surface area contributed by atoms with Gasteiger partial charge in [0.1, 0.15) is 5.82 Å². The molecule has 18 heavy (non-hydrogen) atoms. The molecule has 0 spiro atoms. The number of carbonyl (C=O) groups excluding carboxylic acids is 1. The predicted molar refractivity (Wildman–Crippen MR) is 70.2 cm³/mol. The number of amides is 1. The van der Waals surface area contributed by atoms with Gasteiger partial charge in [-0.15, -0.1) is 0 Å². The van der Waals surface area contributed by atoms with E-state index in [2.05, 4.69) is 9.97 Å². The number of benzene rings is 1. The van der Waals surface area contributed by atoms with Crippen molar-refractivity contribution in [3.63, 3.8) is 0 Å². The van der Waals surface area contributed by atoms with E-state index in [1.165, 1.54) is 0 Å². The third-order valence-electron chi connectivity index (χ3n) is 2.61. The number of nitrogens with one attached hydrogen (secondary N) is 1. The number of likely N-dealkylation sites (N-methyl/N-ethyl adjacent to an activating group) is 1. The fraction of sp³-hybridized carbons (Fsp3) is 0.231. The maximum Gasteiger partial charge on any atom is 0.227 e. The van der Waals surface area contributed by atoms with E-state index in [4.69, 9.17) is 11.6 Å². The lowest BCUT2D eigenvalue weighted by atomic mass is 10.1. The van der Waals surface area contributed by atoms with Crippen LogP contribution in [0.4, 0.5) is 0 Å². The molecule has 1 aromatic carbocycles. The maximum atomic E-state index is 12.0. The van der Waals surface area contributed by atoms with Crippen LogP contribution < -0.4 is 0 Å². The molecule has 0 unspecified atom stereocenters. The van der Waals surface area contributed by atoms with E-state index in [1.54, 1.807) is 36.5 Å². The van der Waals surface area contributed by atoms with Gasteiger partial charge in [0.25, 0.3) is 0 Å². The molecule has 0 fully saturated rings. The molecule has 0 aliphatic rings. The zero-order valence-electron chi connectivity index (χ0n) is 10.1. The van der Waals surface area contributed by atoms with Crippen molar-refractivity contribution in [2.75, 3.05) is 7.05 Å². The first-order valence-electron chi connectivity index (χ1n) is 5.62. The molecule has 0 atom stereocenters. The number of H-pyrrole nitrogens is 1. The Morgan fingerprint density at radius 1 is 1.50 bits per heavy atom. The van der Waals surface area contributed by atoms with Gasteiger partial charge in [0.05, 0.1) is 13.0 Å². The van der Waals surface area contributed by atoms with Crippen LogP contribution >= 0.6 is 11.6 Å². The highest BCUT2D eigenvalue weighted by Gasteiger charge is 2.11. The minimum absolute atomic E-state index is 0.0358. The Morgan fingerprint density at radius 2 is 2.33 bits per heavy atom. The summed E-state index contributed by atoms with van der Waals surface area (Å²) in [4.78, 5) is 20.7. The van der Waals surface area contributed by atoms with Crippen molar-refractivity contribution in [1.29, 1.82) is 0 Å². The molecule has 1 aromatic heterocycles. The van der Waals surface area contributed by atoms with E-state index in [1.807, 2.05) is 12.1 Å². The third kappa shape index (κ3) is 3.34. The molecule has 0 aliphatic carbocycles. The number of halogens is 1. The number of nitrogens with zero attached hydrogens (tertiary/aromatic N) is 2. The molecule has 1 N–H and O–H groups in total. The molecule has 0 bridgehead atoms. The van der Waals surface area contributed by atoms with Gasteiger partial charge in [-0.2, -0.15) is 0 Å². The maximum absolute atomic E-state index is 12.0. The van der Waals surface area contributed by atoms with Crippen molar-refractivity contribution >= 4 is 17.5 Å². The summed E-state index contributed by atoms with van der Waals surface area (Å²) in [5, 5.41) is 0.647. The van der Waals surface area contributed by atoms with Crippen LogP contribution in [-0.4, -0.2) is 27.8 Å². The van der Waals surface area contributed by atoms with Crippen LogP contribution in [0, 0.1) is 0 Å². The summed E-state index contributed by atoms with van der Waals surface area (Å²) in [6.07, 6.45) is 3.76. The fourth-order valence-corrected chi connectivity index (χ4v) is 1.87. The Labute approximate surface area is 111 Å². The molecule has 1 heterocycles. The molecule has 4 nitrogen and oxygen atoms in total. The summed E-state index contributed by atoms with van der Waals surface area (Å²) >= 11 is 5.88. The van der Waals surface area contributed by atoms with Crippen molar-refractivity contribution in [2.24, 2.45) is 0 Å². The van der Waals surface area contributed by atoms with Gasteiger partial charge in [0.2, 0.25) is 5.91 Å². The van der Waals surface area contributed by atoms with Crippen LogP contribution in [0.5, 0.6) is 0 Å². The van der Waals surface area contributed by atoms with Gasteiger partial charge < -0.3 is 9.88 Å². The highest BCUT2D eigenvalue weighted by Crippen LogP contribution is 2.12. The lowest BCUT2D eigenvalue weighted by Gasteiger charge is -2.15. The van der Waals surface area contributed by atoms with Gasteiger partial charge in [-0.05, 0) is 17.7 Å². The lowest BCUT2D eigenvalue weighted by Crippen LogP contribution is -2.28. The summed E-state index contributed by atoms with van der Waals surface area (Å²) in [5.41, 5.74) is 0.916. The van der Waals surface area contributed by atoms with E-state index in [-0.39, 0.29) is 5.91 Å². The number of carbonyl (C=O) groups is 1. The zero-order chi connectivity index (χ0) is 13.0. The summed E-state index contributed by atoms with van der Waals surface area (Å²) in [6, 6.07) is 7.34. The topological polar surface area (TPSA) is 49.0 Å². The highest BCUT2D eigenvalue weighted by atomic mass is 35.5. The molecule has 2 rings (SSSR count). The van der Waals surface area contributed by atoms with Gasteiger partial charge in [-0.25, -0.2) is 4.98 Å². The van der Waals surface area contributed by atoms with Crippen LogP contribution in [-0.2, 0) is 17.8 Å². The first-order chi connectivity index (χ1) is 8.65. The molecule has 94 valence electrons. The van der Waals surface area contributed by atoms with Crippen molar-refractivity contribution < 1.29 is 4.79 Å². The summed E-state index contributed by atoms with van der Waals surface area (Å²) in [5.74, 6) is 0.811. The Bertz CT molecular complexity index is 525. The van der Waals surface area contributed by atoms with Gasteiger partial charge in [-0.1, -0.05) is 23.7 Å². The molecule has 0 aliphatic heterocycles. The minimum Gasteiger partial charge on any atom is -0.347 e. The first kappa shape index (κ1) is 12.6. The second-order valence-corrected chi connectivity index (χ2v) is 4.53. The predicted octanol–water partition coefficient (Wildman–Crippen LogP) is 2.26. The summed E-state index contributed by atoms with van der Waals surface area (Å²) in [6.45, 7) is 0.479. The fourth-order valence-electron chi connectivity index (χ4n) is 1.65. The Balaban J connectivity index is 1.95. The zero-order valence-corrected chi connectivity index (χ0v) is 10.8. The van der Waals surface area contributed by atoms with E-state index >= 15 is 0 Å². The van der Waals surface area contributed by atoms with Gasteiger partial charge in [0, 0.05) is 24.5 Å². The summed E-state index contributed by atoms with van der Waals surface area (Å²) in [7, 11) is 1.76. The van der Waals surface area contributed by atoms with Crippen LogP contribution in [0.25, 0.3) is 0 Å². The van der Waals surface area contributed by atoms with Crippen LogP contribution in [0.3, 0.4) is 0 Å². The normalized spacial score (nSPS) is 10.3. The number of aromatic nitrogens is 2. The summed E-state index contributed by atoms with van der Waals surface area (Å²) < 4.78 is 0. The number of hydrogen-bond acceptors (Lipinski definition) is 2. The second kappa shape index (κ2) is 5.69. The van der Waals surface area contributed by atoms with Gasteiger partial charge >= 0.3 is 0 Å². The Kier molecular flexibility index (Phi) is 3.99. The van der Waals surface area contributed by atoms with Crippen molar-refractivity contribution in [3.8, 4) is 0 Å². The number of aromatic amines is 1. The first-order valence-corrected chi connectivity index (χ1v) is 5.99. The molecular formula is C13H14ClN3O. The molecule has 2 aromatic rings. The van der Waals surface area contributed by atoms with Crippen LogP contribution in [0.15, 0.2) is 36.7 Å². The molecule has 5 heteroatoms. The standard InChI is InChI=1S/C13H14ClN3O/c1-17(9-12-15-5-6-16-12)13(18)8-10-3-2-4-11(14)7-10/h2-7H,8-9H2,1H3,(H,15,16). The Morgan fingerprint density at radius 3 is 3.00 bits per heavy atom. The molecular weight excluding hydrogens is 250 g/mol. The number of hydrogen-bond donors (Lipinski definition) is 1. The van der Waals surface area contributed by atoms with E-state index in [0.717, 1.165) is 11.4 Å². The van der Waals surface area contributed by atoms with Crippen molar-refractivity contribution in [2.45, 2.75) is 13.0 Å². The molecule has 1 amide bonds. The largest absolute Gasteiger partial charge is 0.347 e. The molecule has 0 saturated carbocycles. The third-order valence-corrected chi connectivity index (χ3v) is 2.85. The van der Waals surface area contributed by atoms with Gasteiger partial charge in [0.15, 0.2) is 0 Å². The molecule has 0 radical (unpaired) electrons. The SMILES string of the molecule is CN(Cc1ncc[nH]1)C(=O)Cc1cccc(Cl)c1. The quantitative estimate of drug-likeness (QED) is 0.920. The second-order valence-electron chi connectivity index (χ2n) is 4.09.